The number of nitrogens with zero attached hydrogens (tertiary/aromatic N) is 4. The molecule has 0 radical (unpaired) electrons. The Morgan fingerprint density at radius 3 is 2.47 bits per heavy atom. The van der Waals surface area contributed by atoms with Gasteiger partial charge in [-0.2, -0.15) is 4.98 Å². The number of fused-ring (bicyclic) bond motifs is 2. The molecule has 3 aromatic rings. The van der Waals surface area contributed by atoms with E-state index in [1.807, 2.05) is 25.1 Å². The summed E-state index contributed by atoms with van der Waals surface area (Å²) in [6.45, 7) is 3.95. The molecule has 2 saturated carbocycles. The van der Waals surface area contributed by atoms with Crippen molar-refractivity contribution in [1.82, 2.24) is 19.9 Å². The SMILES string of the molecule is Cc1nc(N2CCC3CCCCC3C2)nc2c1ccc(=O)n2-c1ccc(C(=O)NC2CC2)cc1. The molecule has 2 atom stereocenters. The van der Waals surface area contributed by atoms with Crippen LogP contribution in [0.5, 0.6) is 0 Å². The highest BCUT2D eigenvalue weighted by Gasteiger charge is 2.32. The van der Waals surface area contributed by atoms with E-state index in [-0.39, 0.29) is 11.5 Å². The molecule has 2 aromatic heterocycles. The number of carbonyl (C=O) groups is 1. The molecule has 1 N–H and O–H groups in total. The zero-order valence-electron chi connectivity index (χ0n) is 19.7. The van der Waals surface area contributed by atoms with Crippen LogP contribution in [0.3, 0.4) is 0 Å². The van der Waals surface area contributed by atoms with E-state index in [0.717, 1.165) is 48.8 Å². The van der Waals surface area contributed by atoms with Gasteiger partial charge in [-0.1, -0.05) is 19.3 Å². The van der Waals surface area contributed by atoms with Crippen LogP contribution < -0.4 is 15.8 Å². The third-order valence-corrected chi connectivity index (χ3v) is 7.80. The van der Waals surface area contributed by atoms with Crippen LogP contribution in [0.2, 0.25) is 0 Å². The zero-order valence-corrected chi connectivity index (χ0v) is 19.7. The first-order valence-corrected chi connectivity index (χ1v) is 12.6. The minimum atomic E-state index is -0.141. The average molecular weight is 458 g/mol. The van der Waals surface area contributed by atoms with Gasteiger partial charge in [-0.25, -0.2) is 4.98 Å². The first-order valence-electron chi connectivity index (χ1n) is 12.6. The lowest BCUT2D eigenvalue weighted by Gasteiger charge is -2.41. The van der Waals surface area contributed by atoms with E-state index in [1.54, 1.807) is 22.8 Å². The Morgan fingerprint density at radius 2 is 1.71 bits per heavy atom. The van der Waals surface area contributed by atoms with E-state index in [1.165, 1.54) is 32.1 Å². The van der Waals surface area contributed by atoms with Crippen LogP contribution in [-0.2, 0) is 0 Å². The average Bonchev–Trinajstić information content (AvgIpc) is 3.67. The summed E-state index contributed by atoms with van der Waals surface area (Å²) in [5.41, 5.74) is 2.66. The number of hydrogen-bond donors (Lipinski definition) is 1. The minimum Gasteiger partial charge on any atom is -0.349 e. The quantitative estimate of drug-likeness (QED) is 0.641. The van der Waals surface area contributed by atoms with Gasteiger partial charge < -0.3 is 10.2 Å². The Hall–Kier alpha value is -3.22. The predicted molar refractivity (Wildman–Crippen MR) is 133 cm³/mol. The molecule has 2 unspecified atom stereocenters. The second-order valence-electron chi connectivity index (χ2n) is 10.2. The number of hydrogen-bond acceptors (Lipinski definition) is 5. The van der Waals surface area contributed by atoms with Gasteiger partial charge in [-0.15, -0.1) is 0 Å². The summed E-state index contributed by atoms with van der Waals surface area (Å²) in [6, 6.07) is 10.9. The second-order valence-corrected chi connectivity index (χ2v) is 10.2. The molecule has 7 heteroatoms. The number of piperidine rings is 1. The van der Waals surface area contributed by atoms with Crippen molar-refractivity contribution in [2.24, 2.45) is 11.8 Å². The van der Waals surface area contributed by atoms with Crippen molar-refractivity contribution in [3.63, 3.8) is 0 Å². The van der Waals surface area contributed by atoms with Crippen LogP contribution in [0.25, 0.3) is 16.7 Å². The van der Waals surface area contributed by atoms with Gasteiger partial charge in [0.15, 0.2) is 5.65 Å². The molecule has 176 valence electrons. The Morgan fingerprint density at radius 1 is 0.941 bits per heavy atom. The van der Waals surface area contributed by atoms with Crippen molar-refractivity contribution in [2.45, 2.75) is 57.9 Å². The van der Waals surface area contributed by atoms with E-state index in [0.29, 0.717) is 28.9 Å². The summed E-state index contributed by atoms with van der Waals surface area (Å²) >= 11 is 0. The number of nitrogens with one attached hydrogen (secondary N) is 1. The van der Waals surface area contributed by atoms with Crippen LogP contribution in [0.1, 0.15) is 61.0 Å². The predicted octanol–water partition coefficient (Wildman–Crippen LogP) is 4.00. The topological polar surface area (TPSA) is 80.1 Å². The van der Waals surface area contributed by atoms with Crippen molar-refractivity contribution in [2.75, 3.05) is 18.0 Å². The van der Waals surface area contributed by atoms with Gasteiger partial charge in [0.2, 0.25) is 5.95 Å². The molecule has 3 aliphatic rings. The molecule has 34 heavy (non-hydrogen) atoms. The van der Waals surface area contributed by atoms with Gasteiger partial charge in [-0.3, -0.25) is 14.2 Å². The zero-order chi connectivity index (χ0) is 23.2. The van der Waals surface area contributed by atoms with Crippen molar-refractivity contribution in [3.8, 4) is 5.69 Å². The fraction of sp³-hybridized carbons (Fsp3) is 0.481. The monoisotopic (exact) mass is 457 g/mol. The molecule has 1 aromatic carbocycles. The van der Waals surface area contributed by atoms with Gasteiger partial charge in [0, 0.05) is 36.1 Å². The summed E-state index contributed by atoms with van der Waals surface area (Å²) in [7, 11) is 0. The maximum absolute atomic E-state index is 13.0. The molecule has 2 aliphatic carbocycles. The lowest BCUT2D eigenvalue weighted by atomic mass is 9.75. The van der Waals surface area contributed by atoms with Gasteiger partial charge in [0.1, 0.15) is 0 Å². The molecule has 1 aliphatic heterocycles. The smallest absolute Gasteiger partial charge is 0.256 e. The van der Waals surface area contributed by atoms with Gasteiger partial charge in [0.05, 0.1) is 11.4 Å². The summed E-state index contributed by atoms with van der Waals surface area (Å²) < 4.78 is 1.64. The van der Waals surface area contributed by atoms with Crippen molar-refractivity contribution < 1.29 is 4.79 Å². The lowest BCUT2D eigenvalue weighted by Crippen LogP contribution is -2.42. The van der Waals surface area contributed by atoms with E-state index in [4.69, 9.17) is 9.97 Å². The molecule has 6 rings (SSSR count). The van der Waals surface area contributed by atoms with E-state index < -0.39 is 0 Å². The standard InChI is InChI=1S/C27H31N5O2/c1-17-23-12-13-24(33)32(22-10-6-19(7-11-22)26(34)29-21-8-9-21)25(23)30-27(28-17)31-15-14-18-4-2-3-5-20(18)16-31/h6-7,10-13,18,20-21H,2-5,8-9,14-16H2,1H3,(H,29,34). The minimum absolute atomic E-state index is 0.0640. The fourth-order valence-electron chi connectivity index (χ4n) is 5.68. The Kier molecular flexibility index (Phi) is 5.35. The first kappa shape index (κ1) is 21.3. The number of amides is 1. The van der Waals surface area contributed by atoms with Gasteiger partial charge >= 0.3 is 0 Å². The van der Waals surface area contributed by atoms with Crippen LogP contribution in [0.4, 0.5) is 5.95 Å². The fourth-order valence-corrected chi connectivity index (χ4v) is 5.68. The highest BCUT2D eigenvalue weighted by atomic mass is 16.1. The van der Waals surface area contributed by atoms with E-state index in [2.05, 4.69) is 10.2 Å². The van der Waals surface area contributed by atoms with Crippen LogP contribution in [-0.4, -0.2) is 39.6 Å². The highest BCUT2D eigenvalue weighted by molar-refractivity contribution is 5.94. The Balaban J connectivity index is 1.36. The Labute approximate surface area is 199 Å². The Bertz CT molecular complexity index is 1290. The van der Waals surface area contributed by atoms with Crippen LogP contribution in [0, 0.1) is 18.8 Å². The maximum Gasteiger partial charge on any atom is 0.256 e. The number of aromatic nitrogens is 3. The van der Waals surface area contributed by atoms with Crippen molar-refractivity contribution in [3.05, 3.63) is 58.0 Å². The maximum atomic E-state index is 13.0. The van der Waals surface area contributed by atoms with E-state index >= 15 is 0 Å². The lowest BCUT2D eigenvalue weighted by molar-refractivity contribution is 0.0951. The molecule has 3 heterocycles. The molecule has 0 bridgehead atoms. The molecule has 1 amide bonds. The molecular weight excluding hydrogens is 426 g/mol. The highest BCUT2D eigenvalue weighted by Crippen LogP contribution is 2.37. The summed E-state index contributed by atoms with van der Waals surface area (Å²) in [6.07, 6.45) is 8.62. The molecule has 1 saturated heterocycles. The second kappa shape index (κ2) is 8.53. The number of benzene rings is 1. The number of rotatable bonds is 4. The molecule has 3 fully saturated rings. The van der Waals surface area contributed by atoms with Crippen LogP contribution in [0.15, 0.2) is 41.2 Å². The van der Waals surface area contributed by atoms with Gasteiger partial charge in [0.25, 0.3) is 11.5 Å². The van der Waals surface area contributed by atoms with Gasteiger partial charge in [-0.05, 0) is 74.8 Å². The first-order chi connectivity index (χ1) is 16.6. The number of aryl methyl sites for hydroxylation is 1. The number of pyridine rings is 1. The van der Waals surface area contributed by atoms with Crippen LogP contribution >= 0.6 is 0 Å². The normalized spacial score (nSPS) is 22.4. The number of carbonyl (C=O) groups excluding carboxylic acids is 1. The third-order valence-electron chi connectivity index (χ3n) is 7.80. The summed E-state index contributed by atoms with van der Waals surface area (Å²) in [5, 5.41) is 3.87. The molecular formula is C27H31N5O2. The summed E-state index contributed by atoms with van der Waals surface area (Å²) in [5.74, 6) is 2.20. The van der Waals surface area contributed by atoms with E-state index in [9.17, 15) is 9.59 Å². The largest absolute Gasteiger partial charge is 0.349 e. The van der Waals surface area contributed by atoms with Crippen molar-refractivity contribution in [1.29, 1.82) is 0 Å². The summed E-state index contributed by atoms with van der Waals surface area (Å²) in [4.78, 5) is 37.5. The number of anilines is 1. The molecule has 7 nitrogen and oxygen atoms in total. The van der Waals surface area contributed by atoms with Crippen molar-refractivity contribution >= 4 is 22.9 Å². The third kappa shape index (κ3) is 3.97. The molecule has 0 spiro atoms.